The van der Waals surface area contributed by atoms with E-state index in [4.69, 9.17) is 5.11 Å². The predicted molar refractivity (Wildman–Crippen MR) is 123 cm³/mol. The highest BCUT2D eigenvalue weighted by Crippen LogP contribution is 2.32. The number of nitrogens with one attached hydrogen (secondary N) is 2. The summed E-state index contributed by atoms with van der Waals surface area (Å²) in [7, 11) is 0. The Morgan fingerprint density at radius 2 is 1.91 bits per heavy atom. The maximum absolute atomic E-state index is 13.5. The van der Waals surface area contributed by atoms with Gasteiger partial charge in [-0.1, -0.05) is 12.1 Å². The zero-order chi connectivity index (χ0) is 24.8. The second-order valence-corrected chi connectivity index (χ2v) is 8.27. The minimum absolute atomic E-state index is 0.158. The Morgan fingerprint density at radius 3 is 2.50 bits per heavy atom. The van der Waals surface area contributed by atoms with Gasteiger partial charge in [-0.3, -0.25) is 28.9 Å². The molecule has 2 heterocycles. The first-order valence-corrected chi connectivity index (χ1v) is 11.1. The van der Waals surface area contributed by atoms with Gasteiger partial charge < -0.3 is 25.4 Å². The average molecular weight is 487 g/mol. The van der Waals surface area contributed by atoms with Gasteiger partial charge in [-0.15, -0.1) is 0 Å². The summed E-state index contributed by atoms with van der Waals surface area (Å²) in [5.41, 5.74) is 0.965. The molecule has 0 unspecified atom stereocenters. The van der Waals surface area contributed by atoms with Crippen LogP contribution in [0.4, 0.5) is 11.4 Å². The van der Waals surface area contributed by atoms with Crippen LogP contribution in [-0.4, -0.2) is 66.2 Å². The molecule has 3 rings (SSSR count). The van der Waals surface area contributed by atoms with E-state index in [9.17, 15) is 28.8 Å². The van der Waals surface area contributed by atoms with Crippen LogP contribution in [0.25, 0.3) is 0 Å². The van der Waals surface area contributed by atoms with Crippen LogP contribution in [0.2, 0.25) is 0 Å². The molecule has 2 aromatic rings. The molecule has 178 valence electrons. The number of carboxylic acid groups (broad SMARTS) is 1. The number of hydrogen-bond donors (Lipinski definition) is 3. The lowest BCUT2D eigenvalue weighted by atomic mass is 10.2. The van der Waals surface area contributed by atoms with E-state index in [1.165, 1.54) is 23.2 Å². The number of thiophene rings is 1. The zero-order valence-electron chi connectivity index (χ0n) is 18.1. The summed E-state index contributed by atoms with van der Waals surface area (Å²) in [6.45, 7) is 0.605. The highest BCUT2D eigenvalue weighted by molar-refractivity contribution is 7.08. The zero-order valence-corrected chi connectivity index (χ0v) is 18.9. The maximum Gasteiger partial charge on any atom is 0.305 e. The normalized spacial score (nSPS) is 16.1. The number of carbonyl (C=O) groups is 6. The van der Waals surface area contributed by atoms with Crippen LogP contribution in [0, 0.1) is 0 Å². The van der Waals surface area contributed by atoms with Crippen LogP contribution in [0.3, 0.4) is 0 Å². The van der Waals surface area contributed by atoms with Crippen LogP contribution in [0.5, 0.6) is 0 Å². The molecular weight excluding hydrogens is 464 g/mol. The van der Waals surface area contributed by atoms with Crippen molar-refractivity contribution in [2.24, 2.45) is 0 Å². The first-order valence-electron chi connectivity index (χ1n) is 10.2. The summed E-state index contributed by atoms with van der Waals surface area (Å²) in [6, 6.07) is 5.59. The molecule has 0 spiro atoms. The van der Waals surface area contributed by atoms with Crippen molar-refractivity contribution < 1.29 is 33.9 Å². The first kappa shape index (κ1) is 24.6. The molecule has 0 saturated carbocycles. The van der Waals surface area contributed by atoms with E-state index in [1.54, 1.807) is 41.1 Å². The Balaban J connectivity index is 1.93. The molecule has 12 heteroatoms. The summed E-state index contributed by atoms with van der Waals surface area (Å²) >= 11 is 1.31. The molecule has 0 radical (unpaired) electrons. The summed E-state index contributed by atoms with van der Waals surface area (Å²) < 4.78 is 0. The van der Waals surface area contributed by atoms with Gasteiger partial charge in [-0.25, -0.2) is 0 Å². The lowest BCUT2D eigenvalue weighted by molar-refractivity contribution is -0.139. The molecule has 0 bridgehead atoms. The van der Waals surface area contributed by atoms with Crippen LogP contribution in [0.1, 0.15) is 23.7 Å². The third-order valence-corrected chi connectivity index (χ3v) is 5.75. The summed E-state index contributed by atoms with van der Waals surface area (Å²) in [5, 5.41) is 17.1. The van der Waals surface area contributed by atoms with Crippen LogP contribution < -0.4 is 20.4 Å². The van der Waals surface area contributed by atoms with Gasteiger partial charge in [0.05, 0.1) is 35.9 Å². The number of aliphatic carboxylic acids is 1. The van der Waals surface area contributed by atoms with E-state index in [0.717, 1.165) is 4.90 Å². The van der Waals surface area contributed by atoms with Gasteiger partial charge in [0.1, 0.15) is 18.9 Å². The second-order valence-electron chi connectivity index (χ2n) is 7.49. The number of para-hydroxylation sites is 2. The van der Waals surface area contributed by atoms with Crippen LogP contribution in [-0.2, 0) is 24.0 Å². The molecule has 4 amide bonds. The van der Waals surface area contributed by atoms with E-state index in [0.29, 0.717) is 17.5 Å². The molecular formula is C22H22N4O7S. The van der Waals surface area contributed by atoms with Gasteiger partial charge >= 0.3 is 5.97 Å². The number of anilines is 2. The summed E-state index contributed by atoms with van der Waals surface area (Å²) in [4.78, 5) is 75.6. The molecule has 1 aliphatic heterocycles. The van der Waals surface area contributed by atoms with Gasteiger partial charge in [0.15, 0.2) is 0 Å². The average Bonchev–Trinajstić information content (AvgIpc) is 3.30. The lowest BCUT2D eigenvalue weighted by Crippen LogP contribution is -2.54. The van der Waals surface area contributed by atoms with E-state index < -0.39 is 48.7 Å². The lowest BCUT2D eigenvalue weighted by Gasteiger charge is -2.25. The van der Waals surface area contributed by atoms with Crippen molar-refractivity contribution in [1.82, 2.24) is 10.6 Å². The fourth-order valence-electron chi connectivity index (χ4n) is 3.51. The number of nitrogens with zero attached hydrogens (tertiary/aromatic N) is 2. The fourth-order valence-corrected chi connectivity index (χ4v) is 4.14. The second kappa shape index (κ2) is 10.7. The molecule has 0 saturated heterocycles. The van der Waals surface area contributed by atoms with E-state index in [2.05, 4.69) is 10.6 Å². The quantitative estimate of drug-likeness (QED) is 0.457. The predicted octanol–water partition coefficient (Wildman–Crippen LogP) is 0.405. The van der Waals surface area contributed by atoms with Crippen LogP contribution in [0.15, 0.2) is 41.1 Å². The van der Waals surface area contributed by atoms with Crippen molar-refractivity contribution >= 4 is 58.6 Å². The monoisotopic (exact) mass is 486 g/mol. The van der Waals surface area contributed by atoms with Crippen molar-refractivity contribution in [2.75, 3.05) is 22.9 Å². The third kappa shape index (κ3) is 5.64. The van der Waals surface area contributed by atoms with E-state index in [-0.39, 0.29) is 18.1 Å². The smallest absolute Gasteiger partial charge is 0.305 e. The number of carboxylic acids is 1. The van der Waals surface area contributed by atoms with Gasteiger partial charge in [0.2, 0.25) is 11.8 Å². The molecule has 34 heavy (non-hydrogen) atoms. The number of benzene rings is 1. The minimum atomic E-state index is -1.28. The number of amides is 4. The number of aldehydes is 1. The Hall–Kier alpha value is -4.06. The Kier molecular flexibility index (Phi) is 7.74. The van der Waals surface area contributed by atoms with E-state index >= 15 is 0 Å². The van der Waals surface area contributed by atoms with Gasteiger partial charge in [0, 0.05) is 12.3 Å². The maximum atomic E-state index is 13.5. The van der Waals surface area contributed by atoms with Crippen molar-refractivity contribution in [3.05, 3.63) is 46.7 Å². The molecule has 2 atom stereocenters. The number of hydrogen-bond acceptors (Lipinski definition) is 7. The Labute approximate surface area is 198 Å². The van der Waals surface area contributed by atoms with Gasteiger partial charge in [-0.2, -0.15) is 11.3 Å². The SMILES string of the molecule is CC(=O)N1C[C@H](NC(=O)c2ccsc2)C(=O)N(CC(=O)N[C@H](C=O)CC(=O)O)c2ccccc21. The van der Waals surface area contributed by atoms with Crippen molar-refractivity contribution in [1.29, 1.82) is 0 Å². The summed E-state index contributed by atoms with van der Waals surface area (Å²) in [6.07, 6.45) is -0.317. The molecule has 0 aliphatic carbocycles. The summed E-state index contributed by atoms with van der Waals surface area (Å²) in [5.74, 6) is -3.58. The Morgan fingerprint density at radius 1 is 1.21 bits per heavy atom. The first-order chi connectivity index (χ1) is 16.2. The highest BCUT2D eigenvalue weighted by Gasteiger charge is 2.37. The standard InChI is InChI=1S/C22H22N4O7S/c1-13(28)25-9-16(24-21(32)14-6-7-34-12-14)22(33)26(18-5-3-2-4-17(18)25)10-19(29)23-15(11-27)8-20(30)31/h2-7,11-12,15-16H,8-10H2,1H3,(H,23,29)(H,24,32)(H,30,31)/t15-,16-/m0/s1. The third-order valence-electron chi connectivity index (χ3n) is 5.07. The van der Waals surface area contributed by atoms with Gasteiger partial charge in [-0.05, 0) is 23.6 Å². The topological polar surface area (TPSA) is 153 Å². The molecule has 0 fully saturated rings. The van der Waals surface area contributed by atoms with E-state index in [1.807, 2.05) is 0 Å². The molecule has 1 aromatic heterocycles. The molecule has 3 N–H and O–H groups in total. The largest absolute Gasteiger partial charge is 0.481 e. The number of fused-ring (bicyclic) bond motifs is 1. The molecule has 1 aromatic carbocycles. The van der Waals surface area contributed by atoms with Gasteiger partial charge in [0.25, 0.3) is 11.8 Å². The minimum Gasteiger partial charge on any atom is -0.481 e. The Bertz CT molecular complexity index is 1120. The fraction of sp³-hybridized carbons (Fsp3) is 0.273. The molecule has 1 aliphatic rings. The molecule has 11 nitrogen and oxygen atoms in total. The number of carbonyl (C=O) groups excluding carboxylic acids is 5. The van der Waals surface area contributed by atoms with Crippen molar-refractivity contribution in [3.63, 3.8) is 0 Å². The van der Waals surface area contributed by atoms with Crippen molar-refractivity contribution in [3.8, 4) is 0 Å². The number of rotatable bonds is 8. The van der Waals surface area contributed by atoms with Crippen molar-refractivity contribution in [2.45, 2.75) is 25.4 Å². The van der Waals surface area contributed by atoms with Crippen LogP contribution >= 0.6 is 11.3 Å². The highest BCUT2D eigenvalue weighted by atomic mass is 32.1.